The van der Waals surface area contributed by atoms with Crippen LogP contribution in [-0.2, 0) is 4.74 Å². The second-order valence-electron chi connectivity index (χ2n) is 5.15. The van der Waals surface area contributed by atoms with Crippen LogP contribution in [-0.4, -0.2) is 49.9 Å². The molecule has 2 fully saturated rings. The predicted octanol–water partition coefficient (Wildman–Crippen LogP) is 1.65. The summed E-state index contributed by atoms with van der Waals surface area (Å²) in [6, 6.07) is 1.26. The maximum absolute atomic E-state index is 5.59. The zero-order valence-corrected chi connectivity index (χ0v) is 12.0. The number of nitrogens with one attached hydrogen (secondary N) is 2. The first kappa shape index (κ1) is 14.4. The van der Waals surface area contributed by atoms with E-state index in [1.807, 2.05) is 17.8 Å². The molecule has 1 heterocycles. The van der Waals surface area contributed by atoms with Crippen LogP contribution in [0.25, 0.3) is 0 Å². The summed E-state index contributed by atoms with van der Waals surface area (Å²) in [5.41, 5.74) is 0. The third-order valence-corrected chi connectivity index (χ3v) is 4.89. The zero-order chi connectivity index (χ0) is 12.6. The Labute approximate surface area is 115 Å². The summed E-state index contributed by atoms with van der Waals surface area (Å²) in [6.45, 7) is 7.65. The molecule has 0 bridgehead atoms. The van der Waals surface area contributed by atoms with Gasteiger partial charge in [-0.2, -0.15) is 11.8 Å². The first-order valence-corrected chi connectivity index (χ1v) is 8.30. The van der Waals surface area contributed by atoms with Gasteiger partial charge in [-0.1, -0.05) is 12.5 Å². The van der Waals surface area contributed by atoms with Crippen molar-refractivity contribution in [2.24, 2.45) is 5.92 Å². The van der Waals surface area contributed by atoms with Gasteiger partial charge in [0, 0.05) is 36.7 Å². The van der Waals surface area contributed by atoms with Gasteiger partial charge in [0.15, 0.2) is 0 Å². The van der Waals surface area contributed by atoms with E-state index in [1.165, 1.54) is 25.0 Å². The molecule has 0 amide bonds. The third kappa shape index (κ3) is 4.26. The molecule has 2 N–H and O–H groups in total. The van der Waals surface area contributed by atoms with Crippen LogP contribution in [0.15, 0.2) is 12.7 Å². The van der Waals surface area contributed by atoms with E-state index in [9.17, 15) is 0 Å². The number of morpholine rings is 1. The second-order valence-corrected chi connectivity index (χ2v) is 6.30. The highest BCUT2D eigenvalue weighted by Crippen LogP contribution is 2.29. The van der Waals surface area contributed by atoms with Crippen molar-refractivity contribution in [2.75, 3.05) is 37.8 Å². The summed E-state index contributed by atoms with van der Waals surface area (Å²) in [5, 5.41) is 7.36. The predicted molar refractivity (Wildman–Crippen MR) is 79.3 cm³/mol. The number of thioether (sulfide) groups is 1. The fourth-order valence-electron chi connectivity index (χ4n) is 3.07. The van der Waals surface area contributed by atoms with E-state index in [1.54, 1.807) is 0 Å². The molecule has 4 heteroatoms. The molecule has 0 aromatic carbocycles. The maximum atomic E-state index is 5.59. The van der Waals surface area contributed by atoms with Crippen molar-refractivity contribution < 1.29 is 4.74 Å². The summed E-state index contributed by atoms with van der Waals surface area (Å²) >= 11 is 1.95. The van der Waals surface area contributed by atoms with Gasteiger partial charge in [-0.05, 0) is 18.8 Å². The smallest absolute Gasteiger partial charge is 0.0623 e. The average molecular weight is 270 g/mol. The lowest BCUT2D eigenvalue weighted by atomic mass is 9.94. The molecule has 104 valence electrons. The van der Waals surface area contributed by atoms with Crippen molar-refractivity contribution in [3.63, 3.8) is 0 Å². The van der Waals surface area contributed by atoms with Crippen LogP contribution in [0.3, 0.4) is 0 Å². The van der Waals surface area contributed by atoms with E-state index in [4.69, 9.17) is 4.74 Å². The van der Waals surface area contributed by atoms with Crippen LogP contribution in [0.2, 0.25) is 0 Å². The Balaban J connectivity index is 1.68. The van der Waals surface area contributed by atoms with Crippen molar-refractivity contribution in [3.05, 3.63) is 12.7 Å². The normalized spacial score (nSPS) is 32.6. The zero-order valence-electron chi connectivity index (χ0n) is 11.2. The van der Waals surface area contributed by atoms with Crippen molar-refractivity contribution >= 4 is 11.8 Å². The minimum Gasteiger partial charge on any atom is -0.379 e. The van der Waals surface area contributed by atoms with Gasteiger partial charge in [0.2, 0.25) is 0 Å². The Morgan fingerprint density at radius 2 is 2.39 bits per heavy atom. The summed E-state index contributed by atoms with van der Waals surface area (Å²) < 4.78 is 5.59. The van der Waals surface area contributed by atoms with E-state index < -0.39 is 0 Å². The molecule has 1 aliphatic carbocycles. The van der Waals surface area contributed by atoms with Crippen LogP contribution in [0.5, 0.6) is 0 Å². The highest BCUT2D eigenvalue weighted by Gasteiger charge is 2.34. The van der Waals surface area contributed by atoms with E-state index in [2.05, 4.69) is 17.2 Å². The monoisotopic (exact) mass is 270 g/mol. The number of hydrogen-bond donors (Lipinski definition) is 2. The van der Waals surface area contributed by atoms with Gasteiger partial charge in [-0.3, -0.25) is 0 Å². The van der Waals surface area contributed by atoms with Crippen LogP contribution in [0.4, 0.5) is 0 Å². The van der Waals surface area contributed by atoms with Gasteiger partial charge in [-0.25, -0.2) is 0 Å². The summed E-state index contributed by atoms with van der Waals surface area (Å²) in [7, 11) is 0. The Hall–Kier alpha value is -0.0300. The lowest BCUT2D eigenvalue weighted by Gasteiger charge is -2.33. The topological polar surface area (TPSA) is 33.3 Å². The summed E-state index contributed by atoms with van der Waals surface area (Å²) in [5.74, 6) is 3.01. The molecule has 18 heavy (non-hydrogen) atoms. The molecule has 1 saturated heterocycles. The Morgan fingerprint density at radius 3 is 3.17 bits per heavy atom. The molecule has 2 aliphatic rings. The molecule has 2 rings (SSSR count). The molecule has 3 unspecified atom stereocenters. The highest BCUT2D eigenvalue weighted by atomic mass is 32.2. The van der Waals surface area contributed by atoms with Crippen LogP contribution < -0.4 is 10.6 Å². The van der Waals surface area contributed by atoms with Gasteiger partial charge in [0.05, 0.1) is 13.2 Å². The molecule has 1 aliphatic heterocycles. The number of rotatable bonds is 7. The molecule has 0 spiro atoms. The van der Waals surface area contributed by atoms with Crippen LogP contribution in [0.1, 0.15) is 19.3 Å². The molecule has 1 saturated carbocycles. The molecule has 3 atom stereocenters. The van der Waals surface area contributed by atoms with Gasteiger partial charge in [-0.15, -0.1) is 6.58 Å². The van der Waals surface area contributed by atoms with Crippen LogP contribution >= 0.6 is 11.8 Å². The Bertz CT molecular complexity index is 244. The van der Waals surface area contributed by atoms with Gasteiger partial charge < -0.3 is 15.4 Å². The quantitative estimate of drug-likeness (QED) is 0.544. The third-order valence-electron chi connectivity index (χ3n) is 3.93. The van der Waals surface area contributed by atoms with E-state index in [0.717, 1.165) is 38.0 Å². The van der Waals surface area contributed by atoms with Gasteiger partial charge in [0.1, 0.15) is 0 Å². The number of hydrogen-bond acceptors (Lipinski definition) is 4. The van der Waals surface area contributed by atoms with E-state index >= 15 is 0 Å². The molecule has 3 nitrogen and oxygen atoms in total. The molecular weight excluding hydrogens is 244 g/mol. The van der Waals surface area contributed by atoms with Gasteiger partial charge in [0.25, 0.3) is 0 Å². The molecule has 0 aromatic rings. The van der Waals surface area contributed by atoms with Crippen molar-refractivity contribution in [1.82, 2.24) is 10.6 Å². The first-order valence-electron chi connectivity index (χ1n) is 7.15. The summed E-state index contributed by atoms with van der Waals surface area (Å²) in [4.78, 5) is 0. The Morgan fingerprint density at radius 1 is 1.44 bits per heavy atom. The standard InChI is InChI=1S/C14H26N2OS/c1-2-9-18-10-7-16-13-5-3-4-12(13)14-11-17-8-6-15-14/h2,12-16H,1,3-11H2. The Kier molecular flexibility index (Phi) is 6.55. The molecular formula is C14H26N2OS. The lowest BCUT2D eigenvalue weighted by molar-refractivity contribution is 0.0527. The minimum atomic E-state index is 0.569. The second kappa shape index (κ2) is 8.20. The highest BCUT2D eigenvalue weighted by molar-refractivity contribution is 7.99. The van der Waals surface area contributed by atoms with Crippen LogP contribution in [0, 0.1) is 5.92 Å². The number of ether oxygens (including phenoxy) is 1. The largest absolute Gasteiger partial charge is 0.379 e. The molecule has 0 radical (unpaired) electrons. The van der Waals surface area contributed by atoms with Crippen molar-refractivity contribution in [2.45, 2.75) is 31.3 Å². The van der Waals surface area contributed by atoms with Gasteiger partial charge >= 0.3 is 0 Å². The SMILES string of the molecule is C=CCSCCNC1CCCC1C1COCCN1. The minimum absolute atomic E-state index is 0.569. The fraction of sp³-hybridized carbons (Fsp3) is 0.857. The average Bonchev–Trinajstić information content (AvgIpc) is 2.88. The lowest BCUT2D eigenvalue weighted by Crippen LogP contribution is -2.51. The van der Waals surface area contributed by atoms with E-state index in [-0.39, 0.29) is 0 Å². The maximum Gasteiger partial charge on any atom is 0.0623 e. The summed E-state index contributed by atoms with van der Waals surface area (Å²) in [6.07, 6.45) is 6.01. The van der Waals surface area contributed by atoms with Crippen molar-refractivity contribution in [1.29, 1.82) is 0 Å². The fourth-order valence-corrected chi connectivity index (χ4v) is 3.66. The first-order chi connectivity index (χ1) is 8.92. The van der Waals surface area contributed by atoms with E-state index in [0.29, 0.717) is 12.1 Å². The van der Waals surface area contributed by atoms with Crippen molar-refractivity contribution in [3.8, 4) is 0 Å². The molecule has 0 aromatic heterocycles.